The van der Waals surface area contributed by atoms with Crippen molar-refractivity contribution in [2.45, 2.75) is 76.4 Å². The van der Waals surface area contributed by atoms with Gasteiger partial charge in [0.1, 0.15) is 11.5 Å². The molecule has 2 aromatic rings. The van der Waals surface area contributed by atoms with Gasteiger partial charge < -0.3 is 9.88 Å². The molecule has 1 N–H and O–H groups in total. The third-order valence-electron chi connectivity index (χ3n) is 7.22. The van der Waals surface area contributed by atoms with Crippen molar-refractivity contribution in [3.05, 3.63) is 45.4 Å². The van der Waals surface area contributed by atoms with Gasteiger partial charge in [0.2, 0.25) is 0 Å². The molecule has 2 aliphatic heterocycles. The van der Waals surface area contributed by atoms with Gasteiger partial charge >= 0.3 is 0 Å². The van der Waals surface area contributed by atoms with Crippen LogP contribution < -0.4 is 5.56 Å². The zero-order chi connectivity index (χ0) is 21.4. The number of carbonyl (C=O) groups excluding carboxylic acids is 1. The van der Waals surface area contributed by atoms with E-state index in [1.807, 2.05) is 11.9 Å². The maximum Gasteiger partial charge on any atom is 0.274 e. The molecule has 1 atom stereocenters. The second kappa shape index (κ2) is 8.57. The standard InChI is InChI=1S/C23H32N6O2/c1-27-13-10-19(26-27)23(31)29-12-6-5-9-20(29)21-24-18-11-14-28(15-17(18)22(30)25-21)16-7-3-2-4-8-16/h10,13,16,20H,2-9,11-12,14-15H2,1H3,(H,24,25,30). The minimum atomic E-state index is -0.197. The molecule has 4 heterocycles. The average Bonchev–Trinajstić information content (AvgIpc) is 3.25. The minimum absolute atomic E-state index is 0.0312. The lowest BCUT2D eigenvalue weighted by Gasteiger charge is -2.38. The SMILES string of the molecule is Cn1ccc(C(=O)N2CCCCC2c2nc3c(c(=O)[nH]2)CN(C2CCCCC2)CC3)n1. The van der Waals surface area contributed by atoms with Crippen molar-refractivity contribution >= 4 is 5.91 Å². The van der Waals surface area contributed by atoms with Crippen molar-refractivity contribution in [1.29, 1.82) is 0 Å². The molecule has 5 rings (SSSR count). The molecule has 1 saturated carbocycles. The van der Waals surface area contributed by atoms with Gasteiger partial charge in [-0.1, -0.05) is 19.3 Å². The van der Waals surface area contributed by atoms with Crippen LogP contribution in [0.3, 0.4) is 0 Å². The van der Waals surface area contributed by atoms with Gasteiger partial charge in [0.15, 0.2) is 0 Å². The summed E-state index contributed by atoms with van der Waals surface area (Å²) in [5.74, 6) is 0.549. The number of fused-ring (bicyclic) bond motifs is 1. The number of hydrogen-bond donors (Lipinski definition) is 1. The molecular formula is C23H32N6O2. The number of aromatic nitrogens is 4. The first-order chi connectivity index (χ1) is 15.1. The molecule has 8 heteroatoms. The summed E-state index contributed by atoms with van der Waals surface area (Å²) in [4.78, 5) is 38.5. The van der Waals surface area contributed by atoms with E-state index in [9.17, 15) is 9.59 Å². The van der Waals surface area contributed by atoms with Gasteiger partial charge in [-0.05, 0) is 38.2 Å². The molecular weight excluding hydrogens is 392 g/mol. The van der Waals surface area contributed by atoms with Crippen molar-refractivity contribution in [1.82, 2.24) is 29.5 Å². The van der Waals surface area contributed by atoms with E-state index in [0.29, 0.717) is 30.6 Å². The van der Waals surface area contributed by atoms with Gasteiger partial charge in [-0.25, -0.2) is 4.98 Å². The Balaban J connectivity index is 1.39. The van der Waals surface area contributed by atoms with Crippen LogP contribution >= 0.6 is 0 Å². The first-order valence-electron chi connectivity index (χ1n) is 11.8. The van der Waals surface area contributed by atoms with E-state index in [-0.39, 0.29) is 17.5 Å². The monoisotopic (exact) mass is 424 g/mol. The van der Waals surface area contributed by atoms with Gasteiger partial charge in [0.25, 0.3) is 11.5 Å². The van der Waals surface area contributed by atoms with Crippen molar-refractivity contribution in [3.63, 3.8) is 0 Å². The number of piperidine rings is 1. The van der Waals surface area contributed by atoms with Gasteiger partial charge in [0, 0.05) is 45.3 Å². The molecule has 1 saturated heterocycles. The first kappa shape index (κ1) is 20.4. The number of likely N-dealkylation sites (tertiary alicyclic amines) is 1. The number of aryl methyl sites for hydroxylation is 1. The maximum atomic E-state index is 13.1. The summed E-state index contributed by atoms with van der Waals surface area (Å²) < 4.78 is 1.64. The van der Waals surface area contributed by atoms with E-state index < -0.39 is 0 Å². The topological polar surface area (TPSA) is 87.1 Å². The lowest BCUT2D eigenvalue weighted by Crippen LogP contribution is -2.44. The Labute approximate surface area is 182 Å². The number of carbonyl (C=O) groups is 1. The van der Waals surface area contributed by atoms with Crippen LogP contribution in [0.4, 0.5) is 0 Å². The number of H-pyrrole nitrogens is 1. The zero-order valence-electron chi connectivity index (χ0n) is 18.3. The van der Waals surface area contributed by atoms with E-state index in [4.69, 9.17) is 4.98 Å². The van der Waals surface area contributed by atoms with Crippen LogP contribution in [0.5, 0.6) is 0 Å². The fraction of sp³-hybridized carbons (Fsp3) is 0.652. The van der Waals surface area contributed by atoms with Crippen molar-refractivity contribution in [2.24, 2.45) is 7.05 Å². The number of aromatic amines is 1. The van der Waals surface area contributed by atoms with Gasteiger partial charge in [-0.2, -0.15) is 5.10 Å². The third kappa shape index (κ3) is 4.05. The van der Waals surface area contributed by atoms with Gasteiger partial charge in [0.05, 0.1) is 17.3 Å². The maximum absolute atomic E-state index is 13.1. The predicted molar refractivity (Wildman–Crippen MR) is 117 cm³/mol. The molecule has 8 nitrogen and oxygen atoms in total. The third-order valence-corrected chi connectivity index (χ3v) is 7.22. The first-order valence-corrected chi connectivity index (χ1v) is 11.8. The molecule has 166 valence electrons. The molecule has 2 fully saturated rings. The summed E-state index contributed by atoms with van der Waals surface area (Å²) in [6.07, 6.45) is 11.8. The smallest absolute Gasteiger partial charge is 0.274 e. The van der Waals surface area contributed by atoms with Crippen LogP contribution in [0.1, 0.15) is 85.0 Å². The molecule has 1 amide bonds. The second-order valence-electron chi connectivity index (χ2n) is 9.27. The Morgan fingerprint density at radius 3 is 2.68 bits per heavy atom. The quantitative estimate of drug-likeness (QED) is 0.818. The lowest BCUT2D eigenvalue weighted by molar-refractivity contribution is 0.0591. The number of rotatable bonds is 3. The summed E-state index contributed by atoms with van der Waals surface area (Å²) in [6.45, 7) is 2.33. The molecule has 1 aliphatic carbocycles. The Bertz CT molecular complexity index is 1010. The normalized spacial score (nSPS) is 23.0. The van der Waals surface area contributed by atoms with Crippen molar-refractivity contribution in [3.8, 4) is 0 Å². The highest BCUT2D eigenvalue weighted by molar-refractivity contribution is 5.92. The highest BCUT2D eigenvalue weighted by Crippen LogP contribution is 2.31. The highest BCUT2D eigenvalue weighted by atomic mass is 16.2. The molecule has 2 aromatic heterocycles. The van der Waals surface area contributed by atoms with Crippen molar-refractivity contribution < 1.29 is 4.79 Å². The largest absolute Gasteiger partial charge is 0.327 e. The van der Waals surface area contributed by atoms with Crippen LogP contribution in [0.15, 0.2) is 17.1 Å². The van der Waals surface area contributed by atoms with Crippen LogP contribution in [0.25, 0.3) is 0 Å². The van der Waals surface area contributed by atoms with E-state index in [1.165, 1.54) is 32.1 Å². The molecule has 0 radical (unpaired) electrons. The number of nitrogens with one attached hydrogen (secondary N) is 1. The van der Waals surface area contributed by atoms with Crippen LogP contribution in [0.2, 0.25) is 0 Å². The Kier molecular flexibility index (Phi) is 5.65. The number of amides is 1. The summed E-state index contributed by atoms with van der Waals surface area (Å²) >= 11 is 0. The van der Waals surface area contributed by atoms with Crippen LogP contribution in [0, 0.1) is 0 Å². The zero-order valence-corrected chi connectivity index (χ0v) is 18.3. The molecule has 1 unspecified atom stereocenters. The summed E-state index contributed by atoms with van der Waals surface area (Å²) in [5.41, 5.74) is 2.15. The van der Waals surface area contributed by atoms with Crippen LogP contribution in [-0.2, 0) is 20.0 Å². The van der Waals surface area contributed by atoms with Gasteiger partial charge in [-0.3, -0.25) is 19.2 Å². The predicted octanol–water partition coefficient (Wildman–Crippen LogP) is 2.56. The van der Waals surface area contributed by atoms with E-state index >= 15 is 0 Å². The van der Waals surface area contributed by atoms with Gasteiger partial charge in [-0.15, -0.1) is 0 Å². The minimum Gasteiger partial charge on any atom is -0.327 e. The lowest BCUT2D eigenvalue weighted by atomic mass is 9.92. The number of hydrogen-bond acceptors (Lipinski definition) is 5. The molecule has 3 aliphatic rings. The number of nitrogens with zero attached hydrogens (tertiary/aromatic N) is 5. The van der Waals surface area contributed by atoms with E-state index in [0.717, 1.165) is 43.5 Å². The summed E-state index contributed by atoms with van der Waals surface area (Å²) in [7, 11) is 1.81. The average molecular weight is 425 g/mol. The Morgan fingerprint density at radius 2 is 1.90 bits per heavy atom. The van der Waals surface area contributed by atoms with Crippen molar-refractivity contribution in [2.75, 3.05) is 13.1 Å². The second-order valence-corrected chi connectivity index (χ2v) is 9.27. The molecule has 0 spiro atoms. The van der Waals surface area contributed by atoms with E-state index in [2.05, 4.69) is 15.0 Å². The summed E-state index contributed by atoms with van der Waals surface area (Å²) in [5, 5.41) is 4.28. The fourth-order valence-electron chi connectivity index (χ4n) is 5.52. The molecule has 31 heavy (non-hydrogen) atoms. The van der Waals surface area contributed by atoms with E-state index in [1.54, 1.807) is 16.9 Å². The fourth-order valence-corrected chi connectivity index (χ4v) is 5.52. The molecule has 0 aromatic carbocycles. The Morgan fingerprint density at radius 1 is 1.10 bits per heavy atom. The Hall–Kier alpha value is -2.48. The van der Waals surface area contributed by atoms with Crippen LogP contribution in [-0.4, -0.2) is 54.6 Å². The highest BCUT2D eigenvalue weighted by Gasteiger charge is 2.33. The summed E-state index contributed by atoms with van der Waals surface area (Å²) in [6, 6.07) is 2.15. The molecule has 0 bridgehead atoms.